The first-order valence-electron chi connectivity index (χ1n) is 5.31. The van der Waals surface area contributed by atoms with Crippen LogP contribution in [0.4, 0.5) is 5.69 Å². The van der Waals surface area contributed by atoms with E-state index in [1.54, 1.807) is 0 Å². The molecule has 0 heterocycles. The van der Waals surface area contributed by atoms with Gasteiger partial charge in [0.05, 0.1) is 16.0 Å². The molecule has 19 heavy (non-hydrogen) atoms. The van der Waals surface area contributed by atoms with Crippen LogP contribution in [0.25, 0.3) is 0 Å². The van der Waals surface area contributed by atoms with Gasteiger partial charge in [-0.25, -0.2) is 8.42 Å². The predicted octanol–water partition coefficient (Wildman–Crippen LogP) is 1.85. The lowest BCUT2D eigenvalue weighted by Gasteiger charge is -2.21. The number of halogens is 2. The number of nitrogens with zero attached hydrogens (tertiary/aromatic N) is 1. The first-order valence-corrected chi connectivity index (χ1v) is 7.92. The molecule has 1 aromatic carbocycles. The summed E-state index contributed by atoms with van der Waals surface area (Å²) in [6.07, 6.45) is 1.44. The van der Waals surface area contributed by atoms with Crippen molar-refractivity contribution in [3.8, 4) is 0 Å². The second kappa shape index (κ2) is 6.71. The van der Waals surface area contributed by atoms with Crippen molar-refractivity contribution in [1.29, 1.82) is 0 Å². The van der Waals surface area contributed by atoms with E-state index in [2.05, 4.69) is 22.5 Å². The van der Waals surface area contributed by atoms with Gasteiger partial charge in [-0.2, -0.15) is 4.31 Å². The molecule has 1 rings (SSSR count). The van der Waals surface area contributed by atoms with Crippen molar-refractivity contribution in [2.24, 2.45) is 0 Å². The second-order valence-electron chi connectivity index (χ2n) is 3.68. The standard InChI is InChI=1S/C11H14BrClN2O3S/c1-2-3-15(4-5-16)19(17,18)10-7-8(13)6-9(14)11(10)12/h2,6-7,16H,1,3-5,14H2. The van der Waals surface area contributed by atoms with Gasteiger partial charge < -0.3 is 10.8 Å². The normalized spacial score (nSPS) is 11.8. The summed E-state index contributed by atoms with van der Waals surface area (Å²) in [5.74, 6) is 0. The van der Waals surface area contributed by atoms with E-state index < -0.39 is 10.0 Å². The average Bonchev–Trinajstić information content (AvgIpc) is 2.33. The fraction of sp³-hybridized carbons (Fsp3) is 0.273. The lowest BCUT2D eigenvalue weighted by Crippen LogP contribution is -2.34. The zero-order chi connectivity index (χ0) is 14.6. The SMILES string of the molecule is C=CCN(CCO)S(=O)(=O)c1cc(Cl)cc(N)c1Br. The van der Waals surface area contributed by atoms with Crippen molar-refractivity contribution in [2.45, 2.75) is 4.90 Å². The zero-order valence-electron chi connectivity index (χ0n) is 10.0. The Balaban J connectivity index is 3.36. The summed E-state index contributed by atoms with van der Waals surface area (Å²) in [4.78, 5) is -0.0344. The Bertz CT molecular complexity index is 578. The lowest BCUT2D eigenvalue weighted by atomic mass is 10.3. The topological polar surface area (TPSA) is 83.6 Å². The number of hydrogen-bond donors (Lipinski definition) is 2. The van der Waals surface area contributed by atoms with Crippen LogP contribution >= 0.6 is 27.5 Å². The van der Waals surface area contributed by atoms with Crippen LogP contribution in [-0.4, -0.2) is 37.5 Å². The van der Waals surface area contributed by atoms with Gasteiger partial charge in [0.25, 0.3) is 0 Å². The highest BCUT2D eigenvalue weighted by Crippen LogP contribution is 2.33. The first-order chi connectivity index (χ1) is 8.84. The van der Waals surface area contributed by atoms with E-state index in [1.165, 1.54) is 18.2 Å². The van der Waals surface area contributed by atoms with Crippen LogP contribution in [0.1, 0.15) is 0 Å². The molecule has 5 nitrogen and oxygen atoms in total. The van der Waals surface area contributed by atoms with Crippen LogP contribution < -0.4 is 5.73 Å². The van der Waals surface area contributed by atoms with Gasteiger partial charge in [-0.05, 0) is 28.1 Å². The molecule has 0 bridgehead atoms. The van der Waals surface area contributed by atoms with Crippen LogP contribution in [0.5, 0.6) is 0 Å². The second-order valence-corrected chi connectivity index (χ2v) is 6.82. The van der Waals surface area contributed by atoms with Crippen LogP contribution in [0, 0.1) is 0 Å². The minimum absolute atomic E-state index is 0.0344. The molecule has 106 valence electrons. The molecule has 0 aliphatic heterocycles. The number of aliphatic hydroxyl groups excluding tert-OH is 1. The van der Waals surface area contributed by atoms with E-state index in [1.807, 2.05) is 0 Å². The summed E-state index contributed by atoms with van der Waals surface area (Å²) in [6, 6.07) is 2.76. The Labute approximate surface area is 125 Å². The van der Waals surface area contributed by atoms with Gasteiger partial charge in [0.1, 0.15) is 0 Å². The maximum atomic E-state index is 12.5. The van der Waals surface area contributed by atoms with E-state index in [-0.39, 0.29) is 39.8 Å². The molecule has 0 amide bonds. The van der Waals surface area contributed by atoms with Crippen LogP contribution in [-0.2, 0) is 10.0 Å². The molecule has 0 radical (unpaired) electrons. The molecule has 0 saturated heterocycles. The molecule has 0 saturated carbocycles. The minimum Gasteiger partial charge on any atom is -0.398 e. The minimum atomic E-state index is -3.81. The van der Waals surface area contributed by atoms with Crippen molar-refractivity contribution in [3.63, 3.8) is 0 Å². The number of nitrogens with two attached hydrogens (primary N) is 1. The third-order valence-corrected chi connectivity index (χ3v) is 5.59. The number of benzene rings is 1. The van der Waals surface area contributed by atoms with Gasteiger partial charge in [0.15, 0.2) is 0 Å². The van der Waals surface area contributed by atoms with Crippen LogP contribution in [0.15, 0.2) is 34.2 Å². The van der Waals surface area contributed by atoms with E-state index in [0.29, 0.717) is 0 Å². The number of nitrogen functional groups attached to an aromatic ring is 1. The van der Waals surface area contributed by atoms with Gasteiger partial charge in [-0.15, -0.1) is 6.58 Å². The molecule has 0 spiro atoms. The summed E-state index contributed by atoms with van der Waals surface area (Å²) in [7, 11) is -3.81. The van der Waals surface area contributed by atoms with E-state index in [9.17, 15) is 8.42 Å². The van der Waals surface area contributed by atoms with E-state index >= 15 is 0 Å². The number of aliphatic hydroxyl groups is 1. The Hall–Kier alpha value is -0.600. The molecule has 8 heteroatoms. The maximum absolute atomic E-state index is 12.5. The van der Waals surface area contributed by atoms with Crippen molar-refractivity contribution in [2.75, 3.05) is 25.4 Å². The Kier molecular flexibility index (Phi) is 5.82. The average molecular weight is 370 g/mol. The summed E-state index contributed by atoms with van der Waals surface area (Å²) in [5.41, 5.74) is 5.91. The molecule has 1 aromatic rings. The van der Waals surface area contributed by atoms with Gasteiger partial charge in [0.2, 0.25) is 10.0 Å². The van der Waals surface area contributed by atoms with Gasteiger partial charge in [-0.1, -0.05) is 17.7 Å². The highest BCUT2D eigenvalue weighted by atomic mass is 79.9. The largest absolute Gasteiger partial charge is 0.398 e. The number of sulfonamides is 1. The highest BCUT2D eigenvalue weighted by molar-refractivity contribution is 9.10. The monoisotopic (exact) mass is 368 g/mol. The number of hydrogen-bond acceptors (Lipinski definition) is 4. The molecular formula is C11H14BrClN2O3S. The molecule has 0 aliphatic carbocycles. The molecule has 0 fully saturated rings. The Morgan fingerprint density at radius 3 is 2.68 bits per heavy atom. The maximum Gasteiger partial charge on any atom is 0.244 e. The third-order valence-electron chi connectivity index (χ3n) is 2.33. The fourth-order valence-corrected chi connectivity index (χ4v) is 4.13. The lowest BCUT2D eigenvalue weighted by molar-refractivity contribution is 0.260. The van der Waals surface area contributed by atoms with Crippen molar-refractivity contribution < 1.29 is 13.5 Å². The molecule has 0 unspecified atom stereocenters. The van der Waals surface area contributed by atoms with E-state index in [4.69, 9.17) is 22.4 Å². The quantitative estimate of drug-likeness (QED) is 0.592. The van der Waals surface area contributed by atoms with Crippen molar-refractivity contribution in [1.82, 2.24) is 4.31 Å². The Morgan fingerprint density at radius 1 is 1.53 bits per heavy atom. The smallest absolute Gasteiger partial charge is 0.244 e. The molecular weight excluding hydrogens is 356 g/mol. The van der Waals surface area contributed by atoms with Gasteiger partial charge in [-0.3, -0.25) is 0 Å². The van der Waals surface area contributed by atoms with Crippen LogP contribution in [0.3, 0.4) is 0 Å². The summed E-state index contributed by atoms with van der Waals surface area (Å²) < 4.78 is 26.3. The van der Waals surface area contributed by atoms with Crippen LogP contribution in [0.2, 0.25) is 5.02 Å². The summed E-state index contributed by atoms with van der Waals surface area (Å²) >= 11 is 8.98. The fourth-order valence-electron chi connectivity index (χ4n) is 1.48. The zero-order valence-corrected chi connectivity index (χ0v) is 13.2. The first kappa shape index (κ1) is 16.5. The third kappa shape index (κ3) is 3.70. The molecule has 0 aliphatic rings. The highest BCUT2D eigenvalue weighted by Gasteiger charge is 2.26. The predicted molar refractivity (Wildman–Crippen MR) is 79.6 cm³/mol. The summed E-state index contributed by atoms with van der Waals surface area (Å²) in [5, 5.41) is 9.17. The molecule has 0 atom stereocenters. The Morgan fingerprint density at radius 2 is 2.16 bits per heavy atom. The number of anilines is 1. The van der Waals surface area contributed by atoms with Gasteiger partial charge in [0, 0.05) is 23.8 Å². The van der Waals surface area contributed by atoms with E-state index in [0.717, 1.165) is 4.31 Å². The number of rotatable bonds is 6. The molecule has 0 aromatic heterocycles. The molecule has 3 N–H and O–H groups in total. The summed E-state index contributed by atoms with van der Waals surface area (Å²) in [6.45, 7) is 3.26. The van der Waals surface area contributed by atoms with Crippen molar-refractivity contribution >= 4 is 43.2 Å². The van der Waals surface area contributed by atoms with Gasteiger partial charge >= 0.3 is 0 Å². The van der Waals surface area contributed by atoms with Crippen molar-refractivity contribution in [3.05, 3.63) is 34.3 Å².